The second-order valence-electron chi connectivity index (χ2n) is 8.12. The van der Waals surface area contributed by atoms with Crippen LogP contribution in [0.3, 0.4) is 0 Å². The molecule has 0 spiro atoms. The lowest BCUT2D eigenvalue weighted by Gasteiger charge is -2.10. The van der Waals surface area contributed by atoms with Gasteiger partial charge >= 0.3 is 0 Å². The van der Waals surface area contributed by atoms with Crippen LogP contribution >= 0.6 is 0 Å². The smallest absolute Gasteiger partial charge is 0.181 e. The van der Waals surface area contributed by atoms with E-state index in [2.05, 4.69) is 20.0 Å². The van der Waals surface area contributed by atoms with Gasteiger partial charge in [-0.05, 0) is 12.1 Å². The number of carbonyl (C=O) groups is 8. The average molecular weight is 523 g/mol. The third-order valence-corrected chi connectivity index (χ3v) is 4.67. The van der Waals surface area contributed by atoms with E-state index in [0.29, 0.717) is 0 Å². The number of aliphatic imine (C=N–C) groups is 4. The van der Waals surface area contributed by atoms with Crippen LogP contribution in [0.2, 0.25) is 0 Å². The zero-order chi connectivity index (χ0) is 29.5. The SMILES string of the molecule is CC(=O)C(=Nc1cc(N=C(C(C)=O)C(C)=O)c(N=C(C(C)=O)C(C)=O)cc1N=C(C(C)=O)C(C)=O)C(C)=O. The van der Waals surface area contributed by atoms with E-state index in [4.69, 9.17) is 0 Å². The molecular weight excluding hydrogens is 496 g/mol. The summed E-state index contributed by atoms with van der Waals surface area (Å²) in [7, 11) is 0. The molecule has 0 bridgehead atoms. The van der Waals surface area contributed by atoms with E-state index in [1.165, 1.54) is 0 Å². The number of ketones is 8. The Morgan fingerprint density at radius 2 is 0.474 bits per heavy atom. The maximum atomic E-state index is 12.0. The zero-order valence-corrected chi connectivity index (χ0v) is 22.2. The standard InChI is InChI=1S/C26H26N4O8/c1-11(31)23(12(2)32)27-19-9-21(29-25(15(5)35)16(6)36)22(30-26(17(7)37)18(8)38)10-20(19)28-24(13(3)33)14(4)34/h9-10H,1-8H3. The monoisotopic (exact) mass is 522 g/mol. The Balaban J connectivity index is 4.47. The maximum Gasteiger partial charge on any atom is 0.181 e. The summed E-state index contributed by atoms with van der Waals surface area (Å²) in [5.41, 5.74) is -3.03. The topological polar surface area (TPSA) is 186 Å². The minimum absolute atomic E-state index is 0.248. The number of hydrogen-bond donors (Lipinski definition) is 0. The van der Waals surface area contributed by atoms with Gasteiger partial charge in [-0.15, -0.1) is 0 Å². The Morgan fingerprint density at radius 1 is 0.342 bits per heavy atom. The van der Waals surface area contributed by atoms with Gasteiger partial charge < -0.3 is 0 Å². The number of Topliss-reactive ketones (excluding diaryl/α,β-unsaturated/α-hetero) is 8. The summed E-state index contributed by atoms with van der Waals surface area (Å²) in [4.78, 5) is 112. The first-order valence-corrected chi connectivity index (χ1v) is 11.1. The molecule has 0 fully saturated rings. The highest BCUT2D eigenvalue weighted by Gasteiger charge is 2.21. The van der Waals surface area contributed by atoms with Crippen molar-refractivity contribution in [3.8, 4) is 0 Å². The Bertz CT molecular complexity index is 1150. The number of carbonyl (C=O) groups excluding carboxylic acids is 8. The molecule has 1 aromatic rings. The summed E-state index contributed by atoms with van der Waals surface area (Å²) < 4.78 is 0. The van der Waals surface area contributed by atoms with Crippen molar-refractivity contribution in [2.24, 2.45) is 20.0 Å². The van der Waals surface area contributed by atoms with Crippen molar-refractivity contribution in [1.29, 1.82) is 0 Å². The van der Waals surface area contributed by atoms with Gasteiger partial charge in [-0.1, -0.05) is 0 Å². The van der Waals surface area contributed by atoms with Crippen molar-refractivity contribution in [3.63, 3.8) is 0 Å². The molecule has 1 rings (SSSR count). The lowest BCUT2D eigenvalue weighted by Crippen LogP contribution is -2.20. The number of benzene rings is 1. The van der Waals surface area contributed by atoms with Crippen LogP contribution in [0, 0.1) is 0 Å². The molecule has 0 saturated heterocycles. The molecule has 38 heavy (non-hydrogen) atoms. The van der Waals surface area contributed by atoms with Crippen LogP contribution < -0.4 is 0 Å². The largest absolute Gasteiger partial charge is 0.293 e. The first kappa shape index (κ1) is 31.3. The lowest BCUT2D eigenvalue weighted by atomic mass is 10.1. The van der Waals surface area contributed by atoms with Gasteiger partial charge in [0.25, 0.3) is 0 Å². The molecule has 0 aliphatic heterocycles. The molecule has 0 unspecified atom stereocenters. The van der Waals surface area contributed by atoms with E-state index in [9.17, 15) is 38.4 Å². The molecule has 0 aliphatic carbocycles. The third-order valence-electron chi connectivity index (χ3n) is 4.67. The van der Waals surface area contributed by atoms with E-state index in [1.54, 1.807) is 0 Å². The van der Waals surface area contributed by atoms with Crippen LogP contribution in [-0.2, 0) is 38.4 Å². The zero-order valence-electron chi connectivity index (χ0n) is 22.2. The van der Waals surface area contributed by atoms with Crippen LogP contribution in [0.25, 0.3) is 0 Å². The van der Waals surface area contributed by atoms with Crippen molar-refractivity contribution in [3.05, 3.63) is 12.1 Å². The van der Waals surface area contributed by atoms with E-state index >= 15 is 0 Å². The highest BCUT2D eigenvalue weighted by Crippen LogP contribution is 2.41. The molecular formula is C26H26N4O8. The van der Waals surface area contributed by atoms with E-state index in [1.807, 2.05) is 0 Å². The summed E-state index contributed by atoms with van der Waals surface area (Å²) in [6, 6.07) is 2.18. The first-order chi connectivity index (χ1) is 17.5. The normalized spacial score (nSPS) is 9.89. The summed E-state index contributed by atoms with van der Waals surface area (Å²) in [6.45, 7) is 8.72. The first-order valence-electron chi connectivity index (χ1n) is 11.1. The van der Waals surface area contributed by atoms with Crippen LogP contribution in [-0.4, -0.2) is 69.1 Å². The van der Waals surface area contributed by atoms with Gasteiger partial charge in [0.15, 0.2) is 46.3 Å². The minimum Gasteiger partial charge on any atom is -0.293 e. The molecule has 1 aromatic carbocycles. The van der Waals surface area contributed by atoms with E-state index < -0.39 is 69.1 Å². The van der Waals surface area contributed by atoms with Gasteiger partial charge in [0.2, 0.25) is 0 Å². The number of rotatable bonds is 12. The number of nitrogens with zero attached hydrogens (tertiary/aromatic N) is 4. The Kier molecular flexibility index (Phi) is 10.7. The van der Waals surface area contributed by atoms with Gasteiger partial charge in [-0.2, -0.15) is 0 Å². The fourth-order valence-corrected chi connectivity index (χ4v) is 3.02. The van der Waals surface area contributed by atoms with Crippen LogP contribution in [0.15, 0.2) is 32.1 Å². The van der Waals surface area contributed by atoms with Gasteiger partial charge in [-0.25, -0.2) is 20.0 Å². The second kappa shape index (κ2) is 13.0. The Hall–Kier alpha value is -4.74. The lowest BCUT2D eigenvalue weighted by molar-refractivity contribution is -0.116. The molecule has 0 heterocycles. The summed E-state index contributed by atoms with van der Waals surface area (Å²) in [5.74, 6) is -5.66. The van der Waals surface area contributed by atoms with Crippen LogP contribution in [0.4, 0.5) is 22.7 Å². The van der Waals surface area contributed by atoms with Crippen LogP contribution in [0.5, 0.6) is 0 Å². The third kappa shape index (κ3) is 8.15. The molecule has 0 N–H and O–H groups in total. The molecule has 0 aromatic heterocycles. The van der Waals surface area contributed by atoms with Gasteiger partial charge in [0.1, 0.15) is 22.8 Å². The van der Waals surface area contributed by atoms with E-state index in [-0.39, 0.29) is 22.7 Å². The van der Waals surface area contributed by atoms with Crippen molar-refractivity contribution in [2.45, 2.75) is 55.4 Å². The number of hydrogen-bond acceptors (Lipinski definition) is 12. The predicted octanol–water partition coefficient (Wildman–Crippen LogP) is 2.69. The van der Waals surface area contributed by atoms with E-state index in [0.717, 1.165) is 67.5 Å². The molecule has 0 aliphatic rings. The van der Waals surface area contributed by atoms with Gasteiger partial charge in [-0.3, -0.25) is 38.4 Å². The highest BCUT2D eigenvalue weighted by atomic mass is 16.2. The van der Waals surface area contributed by atoms with Crippen molar-refractivity contribution in [1.82, 2.24) is 0 Å². The quantitative estimate of drug-likeness (QED) is 0.296. The second-order valence-corrected chi connectivity index (χ2v) is 8.12. The molecule has 12 heteroatoms. The van der Waals surface area contributed by atoms with Crippen LogP contribution in [0.1, 0.15) is 55.4 Å². The maximum absolute atomic E-state index is 12.0. The fourth-order valence-electron chi connectivity index (χ4n) is 3.02. The molecule has 0 saturated carbocycles. The molecule has 0 atom stereocenters. The van der Waals surface area contributed by atoms with Crippen molar-refractivity contribution in [2.75, 3.05) is 0 Å². The minimum atomic E-state index is -0.707. The molecule has 0 amide bonds. The molecule has 198 valence electrons. The van der Waals surface area contributed by atoms with Crippen molar-refractivity contribution < 1.29 is 38.4 Å². The summed E-state index contributed by atoms with van der Waals surface area (Å²) in [6.07, 6.45) is 0. The average Bonchev–Trinajstić information content (AvgIpc) is 2.76. The fraction of sp³-hybridized carbons (Fsp3) is 0.308. The summed E-state index contributed by atoms with van der Waals surface area (Å²) >= 11 is 0. The van der Waals surface area contributed by atoms with Gasteiger partial charge in [0.05, 0.1) is 22.7 Å². The summed E-state index contributed by atoms with van der Waals surface area (Å²) in [5, 5.41) is 0. The molecule has 12 nitrogen and oxygen atoms in total. The van der Waals surface area contributed by atoms with Crippen molar-refractivity contribution >= 4 is 91.9 Å². The Morgan fingerprint density at radius 3 is 0.579 bits per heavy atom. The molecule has 0 radical (unpaired) electrons. The Labute approximate surface area is 218 Å². The highest BCUT2D eigenvalue weighted by molar-refractivity contribution is 6.67. The van der Waals surface area contributed by atoms with Gasteiger partial charge in [0, 0.05) is 55.4 Å². The predicted molar refractivity (Wildman–Crippen MR) is 140 cm³/mol.